The molecule has 6 heteroatoms. The zero-order valence-corrected chi connectivity index (χ0v) is 10.2. The number of amides is 2. The van der Waals surface area contributed by atoms with E-state index in [1.165, 1.54) is 18.3 Å². The molecule has 0 atom stereocenters. The van der Waals surface area contributed by atoms with Crippen molar-refractivity contribution in [1.29, 1.82) is 0 Å². The highest BCUT2D eigenvalue weighted by Crippen LogP contribution is 2.21. The van der Waals surface area contributed by atoms with Crippen LogP contribution in [0.2, 0.25) is 0 Å². The summed E-state index contributed by atoms with van der Waals surface area (Å²) in [5.74, 6) is -0.397. The molecule has 0 unspecified atom stereocenters. The fourth-order valence-corrected chi connectivity index (χ4v) is 1.90. The molecule has 0 spiro atoms. The third-order valence-corrected chi connectivity index (χ3v) is 2.70. The van der Waals surface area contributed by atoms with Crippen molar-refractivity contribution in [2.45, 2.75) is 6.92 Å². The van der Waals surface area contributed by atoms with E-state index in [1.807, 2.05) is 0 Å². The van der Waals surface area contributed by atoms with Crippen LogP contribution in [0.15, 0.2) is 23.7 Å². The van der Waals surface area contributed by atoms with Crippen LogP contribution in [0, 0.1) is 0 Å². The molecule has 0 bridgehead atoms. The van der Waals surface area contributed by atoms with Gasteiger partial charge in [0, 0.05) is 12.0 Å². The van der Waals surface area contributed by atoms with Gasteiger partial charge in [-0.3, -0.25) is 9.59 Å². The van der Waals surface area contributed by atoms with Crippen LogP contribution in [-0.4, -0.2) is 18.4 Å². The van der Waals surface area contributed by atoms with Gasteiger partial charge in [-0.05, 0) is 12.1 Å². The normalized spacial score (nSPS) is 9.62. The molecule has 1 aromatic rings. The van der Waals surface area contributed by atoms with Crippen LogP contribution >= 0.6 is 22.9 Å². The molecule has 2 N–H and O–H groups in total. The van der Waals surface area contributed by atoms with Crippen molar-refractivity contribution >= 4 is 39.8 Å². The van der Waals surface area contributed by atoms with E-state index in [0.29, 0.717) is 14.9 Å². The van der Waals surface area contributed by atoms with Crippen molar-refractivity contribution in [2.75, 3.05) is 11.9 Å². The van der Waals surface area contributed by atoms with Crippen molar-refractivity contribution < 1.29 is 9.59 Å². The maximum atomic E-state index is 11.5. The molecule has 0 aromatic carbocycles. The predicted molar refractivity (Wildman–Crippen MR) is 65.9 cm³/mol. The fourth-order valence-electron chi connectivity index (χ4n) is 0.964. The third-order valence-electron chi connectivity index (χ3n) is 1.57. The summed E-state index contributed by atoms with van der Waals surface area (Å²) in [4.78, 5) is 22.8. The van der Waals surface area contributed by atoms with Gasteiger partial charge < -0.3 is 10.6 Å². The van der Waals surface area contributed by atoms with Gasteiger partial charge in [-0.25, -0.2) is 0 Å². The van der Waals surface area contributed by atoms with Gasteiger partial charge in [0.2, 0.25) is 5.91 Å². The SMILES string of the molecule is C=C(Cl)CNC(=O)c1ccc(NC(C)=O)s1. The molecule has 1 rings (SSSR count). The van der Waals surface area contributed by atoms with Crippen molar-refractivity contribution in [3.05, 3.63) is 28.6 Å². The van der Waals surface area contributed by atoms with Gasteiger partial charge >= 0.3 is 0 Å². The number of anilines is 1. The standard InChI is InChI=1S/C10H11ClN2O2S/c1-6(11)5-12-10(15)8-3-4-9(16-8)13-7(2)14/h3-4H,1,5H2,2H3,(H,12,15)(H,13,14). The van der Waals surface area contributed by atoms with Crippen LogP contribution in [0.25, 0.3) is 0 Å². The van der Waals surface area contributed by atoms with E-state index in [2.05, 4.69) is 17.2 Å². The summed E-state index contributed by atoms with van der Waals surface area (Å²) in [6.07, 6.45) is 0. The van der Waals surface area contributed by atoms with E-state index in [0.717, 1.165) is 0 Å². The second-order valence-electron chi connectivity index (χ2n) is 3.05. The van der Waals surface area contributed by atoms with E-state index in [9.17, 15) is 9.59 Å². The Hall–Kier alpha value is -1.33. The minimum Gasteiger partial charge on any atom is -0.346 e. The number of rotatable bonds is 4. The van der Waals surface area contributed by atoms with E-state index < -0.39 is 0 Å². The number of hydrogen-bond donors (Lipinski definition) is 2. The topological polar surface area (TPSA) is 58.2 Å². The number of carbonyl (C=O) groups excluding carboxylic acids is 2. The van der Waals surface area contributed by atoms with Gasteiger partial charge in [-0.2, -0.15) is 0 Å². The maximum Gasteiger partial charge on any atom is 0.261 e. The molecule has 0 aliphatic carbocycles. The monoisotopic (exact) mass is 258 g/mol. The minimum atomic E-state index is -0.233. The van der Waals surface area contributed by atoms with Gasteiger partial charge in [0.1, 0.15) is 0 Å². The van der Waals surface area contributed by atoms with Crippen LogP contribution in [0.3, 0.4) is 0 Å². The van der Waals surface area contributed by atoms with E-state index in [4.69, 9.17) is 11.6 Å². The Morgan fingerprint density at radius 3 is 2.75 bits per heavy atom. The van der Waals surface area contributed by atoms with Crippen LogP contribution in [0.4, 0.5) is 5.00 Å². The van der Waals surface area contributed by atoms with Gasteiger partial charge in [-0.1, -0.05) is 18.2 Å². The van der Waals surface area contributed by atoms with Crippen LogP contribution in [0.1, 0.15) is 16.6 Å². The first kappa shape index (κ1) is 12.7. The zero-order chi connectivity index (χ0) is 12.1. The maximum absolute atomic E-state index is 11.5. The predicted octanol–water partition coefficient (Wildman–Crippen LogP) is 2.19. The Morgan fingerprint density at radius 1 is 1.50 bits per heavy atom. The highest BCUT2D eigenvalue weighted by molar-refractivity contribution is 7.18. The Bertz CT molecular complexity index is 428. The van der Waals surface area contributed by atoms with Gasteiger partial charge in [-0.15, -0.1) is 11.3 Å². The molecule has 0 saturated carbocycles. The number of nitrogens with one attached hydrogen (secondary N) is 2. The fraction of sp³-hybridized carbons (Fsp3) is 0.200. The first-order valence-corrected chi connectivity index (χ1v) is 5.67. The first-order chi connectivity index (χ1) is 7.49. The molecule has 2 amide bonds. The Kier molecular flexibility index (Phi) is 4.52. The van der Waals surface area contributed by atoms with E-state index in [1.54, 1.807) is 12.1 Å². The molecule has 0 fully saturated rings. The lowest BCUT2D eigenvalue weighted by Crippen LogP contribution is -2.23. The average molecular weight is 259 g/mol. The number of halogens is 1. The van der Waals surface area contributed by atoms with Crippen molar-refractivity contribution in [3.8, 4) is 0 Å². The van der Waals surface area contributed by atoms with Crippen LogP contribution in [0.5, 0.6) is 0 Å². The lowest BCUT2D eigenvalue weighted by molar-refractivity contribution is -0.114. The molecule has 0 aliphatic heterocycles. The Labute approximate surface area is 102 Å². The highest BCUT2D eigenvalue weighted by atomic mass is 35.5. The number of thiophene rings is 1. The smallest absolute Gasteiger partial charge is 0.261 e. The van der Waals surface area contributed by atoms with Crippen molar-refractivity contribution in [1.82, 2.24) is 5.32 Å². The summed E-state index contributed by atoms with van der Waals surface area (Å²) in [6, 6.07) is 3.32. The Morgan fingerprint density at radius 2 is 2.19 bits per heavy atom. The molecule has 0 saturated heterocycles. The van der Waals surface area contributed by atoms with E-state index >= 15 is 0 Å². The van der Waals surface area contributed by atoms with Crippen LogP contribution < -0.4 is 10.6 Å². The second-order valence-corrected chi connectivity index (χ2v) is 4.66. The molecule has 1 aromatic heterocycles. The lowest BCUT2D eigenvalue weighted by Gasteiger charge is -2.00. The molecule has 0 radical (unpaired) electrons. The largest absolute Gasteiger partial charge is 0.346 e. The van der Waals surface area contributed by atoms with Crippen LogP contribution in [-0.2, 0) is 4.79 Å². The molecule has 0 aliphatic rings. The summed E-state index contributed by atoms with van der Waals surface area (Å²) in [5, 5.41) is 6.20. The summed E-state index contributed by atoms with van der Waals surface area (Å²) in [7, 11) is 0. The molecule has 4 nitrogen and oxygen atoms in total. The summed E-state index contributed by atoms with van der Waals surface area (Å²) in [6.45, 7) is 5.11. The molecular formula is C10H11ClN2O2S. The quantitative estimate of drug-likeness (QED) is 0.870. The van der Waals surface area contributed by atoms with Gasteiger partial charge in [0.15, 0.2) is 0 Å². The minimum absolute atomic E-state index is 0.164. The first-order valence-electron chi connectivity index (χ1n) is 4.48. The zero-order valence-electron chi connectivity index (χ0n) is 8.67. The summed E-state index contributed by atoms with van der Waals surface area (Å²) >= 11 is 6.72. The third kappa shape index (κ3) is 4.04. The average Bonchev–Trinajstić information content (AvgIpc) is 2.61. The summed E-state index contributed by atoms with van der Waals surface area (Å²) in [5.41, 5.74) is 0. The summed E-state index contributed by atoms with van der Waals surface area (Å²) < 4.78 is 0. The second kappa shape index (κ2) is 5.67. The Balaban J connectivity index is 2.59. The van der Waals surface area contributed by atoms with Crippen molar-refractivity contribution in [3.63, 3.8) is 0 Å². The highest BCUT2D eigenvalue weighted by Gasteiger charge is 2.09. The number of hydrogen-bond acceptors (Lipinski definition) is 3. The van der Waals surface area contributed by atoms with Gasteiger partial charge in [0.05, 0.1) is 16.4 Å². The molecular weight excluding hydrogens is 248 g/mol. The van der Waals surface area contributed by atoms with Crippen molar-refractivity contribution in [2.24, 2.45) is 0 Å². The molecule has 86 valence electrons. The van der Waals surface area contributed by atoms with Gasteiger partial charge in [0.25, 0.3) is 5.91 Å². The molecule has 16 heavy (non-hydrogen) atoms. The molecule has 1 heterocycles. The number of carbonyl (C=O) groups is 2. The lowest BCUT2D eigenvalue weighted by atomic mass is 10.4. The van der Waals surface area contributed by atoms with E-state index in [-0.39, 0.29) is 18.4 Å².